The predicted octanol–water partition coefficient (Wildman–Crippen LogP) is 11.1. The molecule has 0 spiro atoms. The van der Waals surface area contributed by atoms with Gasteiger partial charge >= 0.3 is 0 Å². The van der Waals surface area contributed by atoms with E-state index < -0.39 is 7.61 Å². The Balaban J connectivity index is 1.08. The minimum atomic E-state index is -0.574. The maximum absolute atomic E-state index is 3.21. The molecule has 0 aromatic heterocycles. The van der Waals surface area contributed by atoms with Crippen LogP contribution in [0.3, 0.4) is 0 Å². The highest BCUT2D eigenvalue weighted by atomic mass is 32.0. The van der Waals surface area contributed by atoms with E-state index in [0.717, 1.165) is 12.8 Å². The van der Waals surface area contributed by atoms with Crippen LogP contribution in [0.4, 0.5) is 34.1 Å². The normalized spacial score (nSPS) is 14.2. The minimum absolute atomic E-state index is 0.0966. The maximum Gasteiger partial charge on any atom is 0.242 e. The van der Waals surface area contributed by atoms with E-state index in [9.17, 15) is 0 Å². The first-order valence-corrected chi connectivity index (χ1v) is 25.9. The summed E-state index contributed by atoms with van der Waals surface area (Å²) in [4.78, 5) is 5.13. The van der Waals surface area contributed by atoms with Gasteiger partial charge in [0.25, 0.3) is 0 Å². The average Bonchev–Trinajstić information content (AvgIpc) is 3.33. The Bertz CT molecular complexity index is 3240. The maximum atomic E-state index is 3.21. The van der Waals surface area contributed by atoms with Crippen LogP contribution >= 0.6 is 25.1 Å². The molecule has 4 aliphatic heterocycles. The number of hydrogen-bond acceptors (Lipinski definition) is 2. The summed E-state index contributed by atoms with van der Waals surface area (Å²) in [6, 6.07) is 73.6. The number of hydrogen-bond donors (Lipinski definition) is 0. The number of para-hydroxylation sites is 4. The van der Waals surface area contributed by atoms with Crippen molar-refractivity contribution in [2.45, 2.75) is 19.8 Å². The highest BCUT2D eigenvalue weighted by molar-refractivity contribution is 8.21. The van der Waals surface area contributed by atoms with E-state index in [-0.39, 0.29) is 6.71 Å². The highest BCUT2D eigenvalue weighted by Crippen LogP contribution is 2.55. The second-order valence-electron chi connectivity index (χ2n) is 17.3. The topological polar surface area (TPSA) is 6.48 Å². The number of benzene rings is 9. The van der Waals surface area contributed by atoms with E-state index in [1.807, 2.05) is 0 Å². The third kappa shape index (κ3) is 5.91. The van der Waals surface area contributed by atoms with Crippen molar-refractivity contribution in [3.63, 3.8) is 0 Å². The van der Waals surface area contributed by atoms with Gasteiger partial charge in [0.2, 0.25) is 6.71 Å². The first kappa shape index (κ1) is 37.5. The molecule has 6 heteroatoms. The first-order valence-electron chi connectivity index (χ1n) is 21.9. The summed E-state index contributed by atoms with van der Waals surface area (Å²) in [6.45, 7) is 2.38. The minimum Gasteiger partial charge on any atom is -0.309 e. The van der Waals surface area contributed by atoms with Crippen LogP contribution in [0.25, 0.3) is 22.3 Å². The first-order chi connectivity index (χ1) is 31.1. The zero-order valence-electron chi connectivity index (χ0n) is 34.9. The molecule has 0 radical (unpaired) electrons. The van der Waals surface area contributed by atoms with Gasteiger partial charge in [-0.2, -0.15) is 0 Å². The molecule has 9 aromatic rings. The zero-order chi connectivity index (χ0) is 41.8. The molecule has 2 nitrogen and oxygen atoms in total. The van der Waals surface area contributed by atoms with E-state index in [2.05, 4.69) is 220 Å². The third-order valence-electron chi connectivity index (χ3n) is 13.7. The summed E-state index contributed by atoms with van der Waals surface area (Å²) in [5.74, 6) is 0. The Morgan fingerprint density at radius 3 is 1.35 bits per heavy atom. The average molecular weight is 859 g/mol. The van der Waals surface area contributed by atoms with E-state index in [1.165, 1.54) is 122 Å². The molecule has 0 saturated carbocycles. The van der Waals surface area contributed by atoms with Crippen molar-refractivity contribution in [1.82, 2.24) is 0 Å². The van der Waals surface area contributed by atoms with Gasteiger partial charge in [-0.15, -0.1) is 8.93 Å². The van der Waals surface area contributed by atoms with Crippen LogP contribution < -0.4 is 47.4 Å². The van der Waals surface area contributed by atoms with Crippen molar-refractivity contribution >= 4 is 104 Å². The zero-order valence-corrected chi connectivity index (χ0v) is 37.9. The van der Waals surface area contributed by atoms with Crippen LogP contribution in [0.5, 0.6) is 0 Å². The molecule has 9 aromatic carbocycles. The van der Waals surface area contributed by atoms with Gasteiger partial charge in [0.15, 0.2) is 0 Å². The van der Waals surface area contributed by atoms with Crippen LogP contribution in [-0.4, -0.2) is 6.71 Å². The number of aryl methyl sites for hydroxylation is 1. The summed E-state index contributed by atoms with van der Waals surface area (Å²) in [5.41, 5.74) is 24.0. The van der Waals surface area contributed by atoms with Crippen molar-refractivity contribution in [2.75, 3.05) is 9.80 Å². The lowest BCUT2D eigenvalue weighted by Crippen LogP contribution is -2.61. The van der Waals surface area contributed by atoms with E-state index in [4.69, 9.17) is 0 Å². The number of rotatable bonds is 4. The van der Waals surface area contributed by atoms with Gasteiger partial charge in [-0.3, -0.25) is 0 Å². The van der Waals surface area contributed by atoms with Crippen LogP contribution in [0.15, 0.2) is 194 Å². The van der Waals surface area contributed by atoms with Crippen LogP contribution in [0.1, 0.15) is 27.8 Å². The van der Waals surface area contributed by atoms with Gasteiger partial charge < -0.3 is 9.80 Å². The van der Waals surface area contributed by atoms with Gasteiger partial charge in [0.05, 0.1) is 34.1 Å². The quantitative estimate of drug-likeness (QED) is 0.129. The second-order valence-corrected chi connectivity index (χ2v) is 21.9. The summed E-state index contributed by atoms with van der Waals surface area (Å²) in [5, 5.41) is 5.56. The Morgan fingerprint density at radius 2 is 0.857 bits per heavy atom. The van der Waals surface area contributed by atoms with Gasteiger partial charge in [0, 0.05) is 32.3 Å². The predicted molar refractivity (Wildman–Crippen MR) is 278 cm³/mol. The molecule has 1 atom stereocenters. The number of anilines is 6. The monoisotopic (exact) mass is 858 g/mol. The molecule has 0 amide bonds. The molecule has 0 aliphatic carbocycles. The molecule has 4 heterocycles. The molecule has 0 fully saturated rings. The summed E-state index contributed by atoms with van der Waals surface area (Å²) in [6.07, 6.45) is 1.82. The van der Waals surface area contributed by atoms with Crippen molar-refractivity contribution in [3.8, 4) is 22.3 Å². The van der Waals surface area contributed by atoms with Gasteiger partial charge in [-0.25, -0.2) is 0 Å². The van der Waals surface area contributed by atoms with Gasteiger partial charge in [-0.1, -0.05) is 188 Å². The molecule has 0 bridgehead atoms. The fourth-order valence-electron chi connectivity index (χ4n) is 11.0. The molecule has 13 rings (SSSR count). The van der Waals surface area contributed by atoms with Gasteiger partial charge in [-0.05, 0) is 97.2 Å². The van der Waals surface area contributed by atoms with Crippen molar-refractivity contribution in [1.29, 1.82) is 0 Å². The Hall–Kier alpha value is -6.07. The summed E-state index contributed by atoms with van der Waals surface area (Å²) >= 11 is 0. The molecule has 63 heavy (non-hydrogen) atoms. The van der Waals surface area contributed by atoms with Crippen molar-refractivity contribution in [2.24, 2.45) is 0 Å². The number of fused-ring (bicyclic) bond motifs is 8. The molecular formula is C57H42BN2P3. The second kappa shape index (κ2) is 14.8. The van der Waals surface area contributed by atoms with E-state index >= 15 is 0 Å². The lowest BCUT2D eigenvalue weighted by atomic mass is 9.30. The summed E-state index contributed by atoms with van der Waals surface area (Å²) < 4.78 is 0. The molecule has 1 unspecified atom stereocenters. The van der Waals surface area contributed by atoms with Crippen LogP contribution in [0.2, 0.25) is 0 Å². The lowest BCUT2D eigenvalue weighted by molar-refractivity contribution is 1.13. The van der Waals surface area contributed by atoms with E-state index in [0.29, 0.717) is 8.58 Å². The number of nitrogens with zero attached hydrogens (tertiary/aromatic N) is 2. The van der Waals surface area contributed by atoms with Gasteiger partial charge in [0.1, 0.15) is 0 Å². The highest BCUT2D eigenvalue weighted by Gasteiger charge is 2.40. The molecule has 4 aliphatic rings. The Kier molecular flexibility index (Phi) is 8.78. The SMILES string of the molecule is Cc1cc2c3c(c1)Cc1cc(N4c5ccccc5P(P)c5ccccc54)c(-c4ccccc4)cc1B3c1cc(-c3ccccc3)c(N3c4ccccc4Pc4ccccc43)cc1C2. The van der Waals surface area contributed by atoms with Crippen molar-refractivity contribution in [3.05, 3.63) is 222 Å². The molecular weight excluding hydrogens is 816 g/mol. The van der Waals surface area contributed by atoms with E-state index in [1.54, 1.807) is 0 Å². The lowest BCUT2D eigenvalue weighted by Gasteiger charge is -2.40. The van der Waals surface area contributed by atoms with Crippen LogP contribution in [-0.2, 0) is 12.8 Å². The molecule has 0 N–H and O–H groups in total. The Labute approximate surface area is 375 Å². The summed E-state index contributed by atoms with van der Waals surface area (Å²) in [7, 11) is 3.25. The Morgan fingerprint density at radius 1 is 0.444 bits per heavy atom. The van der Waals surface area contributed by atoms with Crippen molar-refractivity contribution < 1.29 is 0 Å². The third-order valence-corrected chi connectivity index (χ3v) is 18.5. The fraction of sp³-hybridized carbons (Fsp3) is 0.0526. The standard InChI is InChI=1S/C57H42BN2P3/c1-36-28-41-30-39-32-51(59-47-20-8-12-24-53(47)62-54-25-13-9-21-48(54)59)43(37-16-4-2-5-17-37)34-45(39)58-46-35-44(38-18-6-3-7-19-38)52(33-40(46)31-42(29-36)57(41)58)60-49-22-10-14-26-55(49)63(61)56-27-15-11-23-50(56)60/h2-29,32-35,62H,30-31,61H2,1H3. The molecule has 0 saturated heterocycles. The largest absolute Gasteiger partial charge is 0.309 e. The molecule has 298 valence electrons. The van der Waals surface area contributed by atoms with Crippen LogP contribution in [0, 0.1) is 6.92 Å². The smallest absolute Gasteiger partial charge is 0.242 e. The fourth-order valence-corrected chi connectivity index (χ4v) is 15.2.